The Balaban J connectivity index is 1.45. The Hall–Kier alpha value is -3.34. The predicted octanol–water partition coefficient (Wildman–Crippen LogP) is 5.57. The van der Waals surface area contributed by atoms with Crippen molar-refractivity contribution in [3.05, 3.63) is 121 Å². The first-order valence-corrected chi connectivity index (χ1v) is 20.1. The second kappa shape index (κ2) is 13.8. The Kier molecular flexibility index (Phi) is 10.2. The van der Waals surface area contributed by atoms with E-state index in [1.807, 2.05) is 48.5 Å². The zero-order chi connectivity index (χ0) is 33.0. The van der Waals surface area contributed by atoms with Crippen LogP contribution in [0.3, 0.4) is 0 Å². The number of benzene rings is 4. The highest BCUT2D eigenvalue weighted by Gasteiger charge is 2.54. The number of hydrogen-bond acceptors (Lipinski definition) is 5. The minimum absolute atomic E-state index is 0.00225. The molecule has 4 aromatic carbocycles. The summed E-state index contributed by atoms with van der Waals surface area (Å²) in [5.41, 5.74) is 0. The van der Waals surface area contributed by atoms with Crippen LogP contribution < -0.4 is 20.7 Å². The third-order valence-electron chi connectivity index (χ3n) is 9.30. The molecule has 1 aliphatic heterocycles. The maximum absolute atomic E-state index is 13.2. The second-order valence-electron chi connectivity index (χ2n) is 14.3. The van der Waals surface area contributed by atoms with Gasteiger partial charge in [-0.1, -0.05) is 163 Å². The van der Waals surface area contributed by atoms with Crippen molar-refractivity contribution < 1.29 is 23.5 Å². The van der Waals surface area contributed by atoms with Gasteiger partial charge in [0.2, 0.25) is 0 Å². The fourth-order valence-corrected chi connectivity index (χ4v) is 16.4. The van der Waals surface area contributed by atoms with Crippen molar-refractivity contribution >= 4 is 43.4 Å². The Morgan fingerprint density at radius 3 is 1.39 bits per heavy atom. The van der Waals surface area contributed by atoms with E-state index in [9.17, 15) is 9.90 Å². The first-order valence-electron chi connectivity index (χ1n) is 16.3. The average Bonchev–Trinajstić information content (AvgIpc) is 3.04. The number of esters is 1. The molecule has 1 N–H and O–H groups in total. The average molecular weight is 653 g/mol. The third kappa shape index (κ3) is 6.57. The minimum atomic E-state index is -3.00. The first kappa shape index (κ1) is 34.0. The number of carbonyl (C=O) groups is 1. The summed E-state index contributed by atoms with van der Waals surface area (Å²) in [4.78, 5) is 13.2. The lowest BCUT2D eigenvalue weighted by Crippen LogP contribution is -2.69. The number of rotatable bonds is 10. The Morgan fingerprint density at radius 1 is 0.652 bits per heavy atom. The molecule has 0 aromatic heterocycles. The maximum atomic E-state index is 13.2. The summed E-state index contributed by atoms with van der Waals surface area (Å²) in [5.74, 6) is -0.358. The summed E-state index contributed by atoms with van der Waals surface area (Å²) >= 11 is 0. The highest BCUT2D eigenvalue weighted by Crippen LogP contribution is 2.40. The molecule has 5 nitrogen and oxygen atoms in total. The van der Waals surface area contributed by atoms with Gasteiger partial charge in [0.15, 0.2) is 0 Å². The van der Waals surface area contributed by atoms with Gasteiger partial charge in [-0.2, -0.15) is 0 Å². The quantitative estimate of drug-likeness (QED) is 0.179. The lowest BCUT2D eigenvalue weighted by Gasteiger charge is -2.47. The van der Waals surface area contributed by atoms with Gasteiger partial charge in [-0.25, -0.2) is 0 Å². The normalized spacial score (nSPS) is 19.5. The number of cyclic esters (lactones) is 1. The van der Waals surface area contributed by atoms with Crippen molar-refractivity contribution in [3.8, 4) is 0 Å². The van der Waals surface area contributed by atoms with Crippen LogP contribution in [0.4, 0.5) is 0 Å². The third-order valence-corrected chi connectivity index (χ3v) is 19.4. The molecular formula is C39H48O5Si2. The van der Waals surface area contributed by atoms with Crippen molar-refractivity contribution in [2.45, 2.75) is 82.8 Å². The molecule has 0 spiro atoms. The molecule has 0 radical (unpaired) electrons. The van der Waals surface area contributed by atoms with Crippen LogP contribution in [0.5, 0.6) is 0 Å². The fraction of sp³-hybridized carbons (Fsp3) is 0.359. The molecule has 4 aromatic rings. The maximum Gasteiger partial charge on any atom is 0.308 e. The fourth-order valence-electron chi connectivity index (χ4n) is 7.16. The summed E-state index contributed by atoms with van der Waals surface area (Å²) in [6.07, 6.45) is -2.11. The zero-order valence-electron chi connectivity index (χ0n) is 28.0. The van der Waals surface area contributed by atoms with Gasteiger partial charge in [0.05, 0.1) is 12.5 Å². The van der Waals surface area contributed by atoms with Crippen LogP contribution in [0.15, 0.2) is 121 Å². The second-order valence-corrected chi connectivity index (χ2v) is 22.9. The van der Waals surface area contributed by atoms with Crippen molar-refractivity contribution in [1.29, 1.82) is 0 Å². The molecular weight excluding hydrogens is 605 g/mol. The summed E-state index contributed by atoms with van der Waals surface area (Å²) in [5, 5.41) is 16.0. The Morgan fingerprint density at radius 2 is 1.02 bits per heavy atom. The molecule has 242 valence electrons. The van der Waals surface area contributed by atoms with E-state index in [-0.39, 0.29) is 22.5 Å². The highest BCUT2D eigenvalue weighted by molar-refractivity contribution is 7.00. The molecule has 0 unspecified atom stereocenters. The molecule has 7 heteroatoms. The number of aliphatic hydroxyl groups excluding tert-OH is 1. The number of carbonyl (C=O) groups excluding carboxylic acids is 1. The summed E-state index contributed by atoms with van der Waals surface area (Å²) in [6, 6.07) is 41.6. The van der Waals surface area contributed by atoms with E-state index in [0.717, 1.165) is 10.4 Å². The van der Waals surface area contributed by atoms with Crippen LogP contribution in [-0.4, -0.2) is 52.6 Å². The largest absolute Gasteiger partial charge is 0.459 e. The molecule has 0 aliphatic carbocycles. The van der Waals surface area contributed by atoms with Gasteiger partial charge in [0, 0.05) is 13.0 Å². The predicted molar refractivity (Wildman–Crippen MR) is 191 cm³/mol. The SMILES string of the molecule is CC(C)(C)[Si](OCC[C@H]1OC(=O)C[C@H](O[Si](c2ccccc2)(c2ccccc2)C(C)(C)C)[C@H]1O)(c1ccccc1)c1ccccc1. The van der Waals surface area contributed by atoms with Crippen LogP contribution in [0.1, 0.15) is 54.4 Å². The molecule has 0 bridgehead atoms. The zero-order valence-corrected chi connectivity index (χ0v) is 30.0. The van der Waals surface area contributed by atoms with Gasteiger partial charge in [0.1, 0.15) is 12.2 Å². The van der Waals surface area contributed by atoms with Crippen LogP contribution >= 0.6 is 0 Å². The summed E-state index contributed by atoms with van der Waals surface area (Å²) in [6.45, 7) is 13.6. The van der Waals surface area contributed by atoms with E-state index < -0.39 is 34.9 Å². The molecule has 3 atom stereocenters. The summed E-state index contributed by atoms with van der Waals surface area (Å²) < 4.78 is 20.1. The Labute approximate surface area is 276 Å². The molecule has 0 saturated carbocycles. The number of aliphatic hydroxyl groups is 1. The van der Waals surface area contributed by atoms with Crippen molar-refractivity contribution in [3.63, 3.8) is 0 Å². The molecule has 1 fully saturated rings. The molecule has 1 saturated heterocycles. The van der Waals surface area contributed by atoms with Gasteiger partial charge in [-0.3, -0.25) is 4.79 Å². The van der Waals surface area contributed by atoms with Crippen LogP contribution in [0.25, 0.3) is 0 Å². The van der Waals surface area contributed by atoms with E-state index in [4.69, 9.17) is 13.6 Å². The highest BCUT2D eigenvalue weighted by atomic mass is 28.4. The Bertz CT molecular complexity index is 1470. The standard InChI is InChI=1S/C39H48O5Si2/c1-38(2,3)45(30-19-11-7-12-20-30,31-21-13-8-14-22-31)42-28-27-34-37(41)35(29-36(40)43-34)44-46(39(4,5)6,32-23-15-9-16-24-32)33-25-17-10-18-26-33/h7-26,34-35,37,41H,27-29H2,1-6H3/t34-,35+,37+/m1/s1. The first-order chi connectivity index (χ1) is 21.9. The van der Waals surface area contributed by atoms with E-state index in [0.29, 0.717) is 13.0 Å². The molecule has 5 rings (SSSR count). The number of ether oxygens (including phenoxy) is 1. The van der Waals surface area contributed by atoms with Crippen molar-refractivity contribution in [2.24, 2.45) is 0 Å². The molecule has 46 heavy (non-hydrogen) atoms. The molecule has 1 heterocycles. The lowest BCUT2D eigenvalue weighted by atomic mass is 10.00. The topological polar surface area (TPSA) is 65.0 Å². The smallest absolute Gasteiger partial charge is 0.308 e. The van der Waals surface area contributed by atoms with E-state index >= 15 is 0 Å². The lowest BCUT2D eigenvalue weighted by molar-refractivity contribution is -0.177. The van der Waals surface area contributed by atoms with Crippen LogP contribution in [0.2, 0.25) is 10.1 Å². The van der Waals surface area contributed by atoms with Gasteiger partial charge >= 0.3 is 5.97 Å². The van der Waals surface area contributed by atoms with Crippen molar-refractivity contribution in [1.82, 2.24) is 0 Å². The van der Waals surface area contributed by atoms with Crippen LogP contribution in [-0.2, 0) is 18.4 Å². The van der Waals surface area contributed by atoms with Gasteiger partial charge in [-0.05, 0) is 30.8 Å². The minimum Gasteiger partial charge on any atom is -0.459 e. The van der Waals surface area contributed by atoms with Gasteiger partial charge in [0.25, 0.3) is 16.6 Å². The van der Waals surface area contributed by atoms with Crippen LogP contribution in [0, 0.1) is 0 Å². The number of hydrogen-bond donors (Lipinski definition) is 1. The van der Waals surface area contributed by atoms with E-state index in [1.54, 1.807) is 0 Å². The molecule has 0 amide bonds. The molecule has 1 aliphatic rings. The van der Waals surface area contributed by atoms with Gasteiger partial charge in [-0.15, -0.1) is 0 Å². The van der Waals surface area contributed by atoms with E-state index in [1.165, 1.54) is 10.4 Å². The van der Waals surface area contributed by atoms with Crippen molar-refractivity contribution in [2.75, 3.05) is 6.61 Å². The van der Waals surface area contributed by atoms with Gasteiger partial charge < -0.3 is 18.7 Å². The monoisotopic (exact) mass is 652 g/mol. The summed E-state index contributed by atoms with van der Waals surface area (Å²) in [7, 11) is -5.79. The van der Waals surface area contributed by atoms with E-state index in [2.05, 4.69) is 114 Å².